The fraction of sp³-hybridized carbons (Fsp3) is 0.111. The third kappa shape index (κ3) is 5.78. The second kappa shape index (κ2) is 11.6. The van der Waals surface area contributed by atoms with Crippen LogP contribution in [0.5, 0.6) is 0 Å². The van der Waals surface area contributed by atoms with Crippen molar-refractivity contribution in [1.29, 1.82) is 0 Å². The first kappa shape index (κ1) is 26.2. The van der Waals surface area contributed by atoms with Crippen LogP contribution in [0.1, 0.15) is 19.3 Å². The molecule has 0 saturated heterocycles. The van der Waals surface area contributed by atoms with E-state index in [0.29, 0.717) is 34.9 Å². The Bertz CT molecular complexity index is 1550. The van der Waals surface area contributed by atoms with Crippen molar-refractivity contribution in [2.75, 3.05) is 4.90 Å². The Morgan fingerprint density at radius 1 is 0.756 bits per heavy atom. The summed E-state index contributed by atoms with van der Waals surface area (Å²) in [4.78, 5) is 47.5. The lowest BCUT2D eigenvalue weighted by Gasteiger charge is -2.23. The van der Waals surface area contributed by atoms with Gasteiger partial charge in [-0.05, 0) is 41.4 Å². The Balaban J connectivity index is 1.54. The van der Waals surface area contributed by atoms with Crippen molar-refractivity contribution >= 4 is 46.1 Å². The van der Waals surface area contributed by atoms with Crippen LogP contribution in [0.25, 0.3) is 33.0 Å². The molecule has 0 fully saturated rings. The molecule has 0 unspecified atom stereocenters. The molecule has 0 bridgehead atoms. The van der Waals surface area contributed by atoms with Gasteiger partial charge in [-0.1, -0.05) is 12.1 Å². The van der Waals surface area contributed by atoms with E-state index in [1.165, 1.54) is 27.6 Å². The zero-order chi connectivity index (χ0) is 28.2. The molecule has 6 aromatic rings. The van der Waals surface area contributed by atoms with Crippen molar-refractivity contribution in [3.8, 4) is 33.0 Å². The zero-order valence-corrected chi connectivity index (χ0v) is 23.1. The summed E-state index contributed by atoms with van der Waals surface area (Å²) in [5, 5.41) is 12.5. The summed E-state index contributed by atoms with van der Waals surface area (Å²) < 4.78 is 3.20. The number of aromatic nitrogens is 8. The maximum atomic E-state index is 13.9. The number of hydrogen-bond acceptors (Lipinski definition) is 10. The van der Waals surface area contributed by atoms with Crippen molar-refractivity contribution in [1.82, 2.24) is 39.5 Å². The molecule has 2 amide bonds. The number of nitrogens with zero attached hydrogens (tertiary/aromatic N) is 9. The van der Waals surface area contributed by atoms with Gasteiger partial charge in [0, 0.05) is 49.8 Å². The number of hydrogen-bond donors (Lipinski definition) is 1. The fourth-order valence-corrected chi connectivity index (χ4v) is 5.36. The van der Waals surface area contributed by atoms with Crippen LogP contribution in [0.15, 0.2) is 84.1 Å². The van der Waals surface area contributed by atoms with E-state index in [1.807, 2.05) is 35.0 Å². The first-order valence-corrected chi connectivity index (χ1v) is 14.3. The minimum atomic E-state index is -0.477. The van der Waals surface area contributed by atoms with Gasteiger partial charge in [0.2, 0.25) is 11.8 Å². The average Bonchev–Trinajstić information content (AvgIpc) is 3.80. The summed E-state index contributed by atoms with van der Waals surface area (Å²) in [6.07, 6.45) is 7.20. The highest BCUT2D eigenvalue weighted by molar-refractivity contribution is 7.13. The molecule has 6 aromatic heterocycles. The Labute approximate surface area is 241 Å². The Kier molecular flexibility index (Phi) is 7.38. The molecule has 41 heavy (non-hydrogen) atoms. The Morgan fingerprint density at radius 3 is 1.71 bits per heavy atom. The first-order valence-electron chi connectivity index (χ1n) is 12.5. The van der Waals surface area contributed by atoms with Crippen LogP contribution in [-0.2, 0) is 9.59 Å². The number of carbonyl (C=O) groups excluding carboxylic acids is 2. The number of nitrogens with two attached hydrogens (primary N) is 1. The summed E-state index contributed by atoms with van der Waals surface area (Å²) in [5.74, 6) is 1.58. The highest BCUT2D eigenvalue weighted by Crippen LogP contribution is 2.32. The lowest BCUT2D eigenvalue weighted by Crippen LogP contribution is -2.29. The summed E-state index contributed by atoms with van der Waals surface area (Å²) in [7, 11) is 0. The van der Waals surface area contributed by atoms with Crippen molar-refractivity contribution in [3.05, 3.63) is 84.1 Å². The molecule has 14 heteroatoms. The number of rotatable bonds is 10. The molecule has 0 aliphatic carbocycles. The number of amides is 2. The van der Waals surface area contributed by atoms with Crippen LogP contribution < -0.4 is 10.6 Å². The highest BCUT2D eigenvalue weighted by Gasteiger charge is 2.25. The van der Waals surface area contributed by atoms with Crippen LogP contribution in [0, 0.1) is 0 Å². The molecular weight excluding hydrogens is 560 g/mol. The monoisotopic (exact) mass is 582 g/mol. The van der Waals surface area contributed by atoms with E-state index in [4.69, 9.17) is 25.7 Å². The zero-order valence-electron chi connectivity index (χ0n) is 21.4. The van der Waals surface area contributed by atoms with Crippen LogP contribution in [0.2, 0.25) is 0 Å². The summed E-state index contributed by atoms with van der Waals surface area (Å²) in [6, 6.07) is 14.6. The maximum absolute atomic E-state index is 13.9. The highest BCUT2D eigenvalue weighted by atomic mass is 32.1. The molecular formula is C27H22N10O2S2. The van der Waals surface area contributed by atoms with Crippen LogP contribution in [0.4, 0.5) is 11.6 Å². The summed E-state index contributed by atoms with van der Waals surface area (Å²) >= 11 is 2.96. The molecule has 2 N–H and O–H groups in total. The molecule has 0 aliphatic rings. The van der Waals surface area contributed by atoms with Crippen LogP contribution in [-0.4, -0.2) is 51.3 Å². The normalized spacial score (nSPS) is 11.0. The number of primary amides is 1. The van der Waals surface area contributed by atoms with E-state index >= 15 is 0 Å². The van der Waals surface area contributed by atoms with E-state index in [-0.39, 0.29) is 25.2 Å². The van der Waals surface area contributed by atoms with Gasteiger partial charge in [-0.3, -0.25) is 9.59 Å². The van der Waals surface area contributed by atoms with Crippen molar-refractivity contribution in [3.63, 3.8) is 0 Å². The van der Waals surface area contributed by atoms with Crippen molar-refractivity contribution in [2.45, 2.75) is 19.3 Å². The van der Waals surface area contributed by atoms with E-state index in [2.05, 4.69) is 10.2 Å². The van der Waals surface area contributed by atoms with Crippen molar-refractivity contribution in [2.24, 2.45) is 5.73 Å². The predicted octanol–water partition coefficient (Wildman–Crippen LogP) is 4.42. The standard InChI is InChI=1S/C27H22N10O2S2/c28-20(38)8-1-9-25(39)37(23-16-21(35-12-4-10-29-35)31-26(33-23)18-6-2-14-40-18)24-17-22(36-13-5-11-30-36)32-27(34-24)19-7-3-15-41-19/h2-7,10-17H,1,8-9H2,(H2,28,38). The fourth-order valence-electron chi connectivity index (χ4n) is 4.05. The van der Waals surface area contributed by atoms with Gasteiger partial charge in [-0.25, -0.2) is 34.2 Å². The third-order valence-corrected chi connectivity index (χ3v) is 7.61. The van der Waals surface area contributed by atoms with Gasteiger partial charge < -0.3 is 5.73 Å². The minimum absolute atomic E-state index is 0.0355. The van der Waals surface area contributed by atoms with Gasteiger partial charge in [-0.2, -0.15) is 10.2 Å². The summed E-state index contributed by atoms with van der Waals surface area (Å²) in [6.45, 7) is 0. The van der Waals surface area contributed by atoms with Gasteiger partial charge in [0.15, 0.2) is 23.3 Å². The van der Waals surface area contributed by atoms with E-state index in [0.717, 1.165) is 9.75 Å². The maximum Gasteiger partial charge on any atom is 0.233 e. The molecule has 0 aliphatic heterocycles. The molecule has 0 aromatic carbocycles. The molecule has 0 spiro atoms. The van der Waals surface area contributed by atoms with E-state index < -0.39 is 5.91 Å². The Morgan fingerprint density at radius 2 is 1.29 bits per heavy atom. The number of carbonyl (C=O) groups is 2. The minimum Gasteiger partial charge on any atom is -0.370 e. The van der Waals surface area contributed by atoms with Gasteiger partial charge in [0.05, 0.1) is 9.75 Å². The van der Waals surface area contributed by atoms with Gasteiger partial charge in [0.1, 0.15) is 11.6 Å². The summed E-state index contributed by atoms with van der Waals surface area (Å²) in [5.41, 5.74) is 5.35. The van der Waals surface area contributed by atoms with Gasteiger partial charge in [0.25, 0.3) is 0 Å². The first-order chi connectivity index (χ1) is 20.0. The SMILES string of the molecule is NC(=O)CCCC(=O)N(c1cc(-n2cccn2)nc(-c2cccs2)n1)c1cc(-n2cccn2)nc(-c2cccs2)n1. The predicted molar refractivity (Wildman–Crippen MR) is 155 cm³/mol. The number of anilines is 2. The molecule has 0 saturated carbocycles. The molecule has 12 nitrogen and oxygen atoms in total. The van der Waals surface area contributed by atoms with Crippen LogP contribution >= 0.6 is 22.7 Å². The Hall–Kier alpha value is -5.08. The lowest BCUT2D eigenvalue weighted by atomic mass is 10.2. The molecule has 204 valence electrons. The van der Waals surface area contributed by atoms with Crippen LogP contribution in [0.3, 0.4) is 0 Å². The van der Waals surface area contributed by atoms with E-state index in [9.17, 15) is 9.59 Å². The second-order valence-corrected chi connectivity index (χ2v) is 10.6. The quantitative estimate of drug-likeness (QED) is 0.249. The molecule has 0 radical (unpaired) electrons. The van der Waals surface area contributed by atoms with Crippen molar-refractivity contribution < 1.29 is 9.59 Å². The molecule has 0 atom stereocenters. The van der Waals surface area contributed by atoms with Gasteiger partial charge >= 0.3 is 0 Å². The lowest BCUT2D eigenvalue weighted by molar-refractivity contribution is -0.119. The van der Waals surface area contributed by atoms with E-state index in [1.54, 1.807) is 58.4 Å². The largest absolute Gasteiger partial charge is 0.370 e. The van der Waals surface area contributed by atoms with Gasteiger partial charge in [-0.15, -0.1) is 22.7 Å². The topological polar surface area (TPSA) is 151 Å². The smallest absolute Gasteiger partial charge is 0.233 e. The molecule has 6 heterocycles. The molecule has 6 rings (SSSR count). The number of thiophene rings is 2. The second-order valence-electron chi connectivity index (χ2n) is 8.72. The third-order valence-electron chi connectivity index (χ3n) is 5.88. The average molecular weight is 583 g/mol.